The number of nitrogens with zero attached hydrogens (tertiary/aromatic N) is 1. The number of hydrogen-bond donors (Lipinski definition) is 0. The Hall–Kier alpha value is -1.30. The fourth-order valence-corrected chi connectivity index (χ4v) is 1.59. The van der Waals surface area contributed by atoms with Gasteiger partial charge in [-0.25, -0.2) is 4.98 Å². The van der Waals surface area contributed by atoms with E-state index in [1.54, 1.807) is 0 Å². The quantitative estimate of drug-likeness (QED) is 0.732. The minimum absolute atomic E-state index is 0.606. The molecule has 6 heteroatoms. The molecule has 0 amide bonds. The Morgan fingerprint density at radius 3 is 2.38 bits per heavy atom. The van der Waals surface area contributed by atoms with Crippen LogP contribution in [0.2, 0.25) is 0 Å². The molecule has 0 aliphatic carbocycles. The van der Waals surface area contributed by atoms with E-state index in [4.69, 9.17) is 4.74 Å². The third-order valence-electron chi connectivity index (χ3n) is 2.48. The number of aromatic nitrogens is 1. The van der Waals surface area contributed by atoms with Crippen molar-refractivity contribution in [2.45, 2.75) is 6.18 Å². The molecule has 0 unspecified atom stereocenters. The summed E-state index contributed by atoms with van der Waals surface area (Å²) in [5.41, 5.74) is -0.662. The van der Waals surface area contributed by atoms with Crippen LogP contribution in [0.25, 0.3) is 0 Å². The highest BCUT2D eigenvalue weighted by atomic mass is 19.4. The molecule has 88 valence electrons. The summed E-state index contributed by atoms with van der Waals surface area (Å²) in [5.74, 6) is 0.691. The van der Waals surface area contributed by atoms with Crippen molar-refractivity contribution in [2.24, 2.45) is 0 Å². The van der Waals surface area contributed by atoms with Gasteiger partial charge in [0.1, 0.15) is 19.3 Å². The normalized spacial score (nSPS) is 17.6. The zero-order chi connectivity index (χ0) is 11.6. The summed E-state index contributed by atoms with van der Waals surface area (Å²) in [6.45, 7) is 2.60. The molecule has 2 heterocycles. The number of H-pyrrole nitrogens is 1. The molecule has 1 saturated heterocycles. The largest absolute Gasteiger partial charge is 0.419 e. The van der Waals surface area contributed by atoms with E-state index in [9.17, 15) is 13.2 Å². The van der Waals surface area contributed by atoms with Crippen molar-refractivity contribution in [3.8, 4) is 0 Å². The number of halogens is 3. The molecule has 0 atom stereocenters. The fraction of sp³-hybridized carbons (Fsp3) is 0.500. The Labute approximate surface area is 90.8 Å². The average molecular weight is 233 g/mol. The van der Waals surface area contributed by atoms with Crippen LogP contribution in [-0.2, 0) is 10.9 Å². The predicted octanol–water partition coefficient (Wildman–Crippen LogP) is 1.36. The molecule has 0 radical (unpaired) electrons. The Kier molecular flexibility index (Phi) is 3.00. The molecule has 1 fully saturated rings. The third kappa shape index (κ3) is 2.44. The molecule has 1 aromatic rings. The highest BCUT2D eigenvalue weighted by Gasteiger charge is 2.32. The van der Waals surface area contributed by atoms with Crippen molar-refractivity contribution in [3.63, 3.8) is 0 Å². The highest BCUT2D eigenvalue weighted by Crippen LogP contribution is 2.28. The van der Waals surface area contributed by atoms with Crippen LogP contribution in [0.5, 0.6) is 0 Å². The van der Waals surface area contributed by atoms with Crippen molar-refractivity contribution < 1.29 is 22.9 Å². The van der Waals surface area contributed by atoms with Crippen molar-refractivity contribution >= 4 is 5.82 Å². The van der Waals surface area contributed by atoms with E-state index in [-0.39, 0.29) is 0 Å². The van der Waals surface area contributed by atoms with Gasteiger partial charge in [0, 0.05) is 6.07 Å². The number of ether oxygens (including phenoxy) is 1. The maximum Gasteiger partial charge on any atom is 0.419 e. The molecule has 2 rings (SSSR count). The van der Waals surface area contributed by atoms with E-state index in [0.29, 0.717) is 32.1 Å². The first-order chi connectivity index (χ1) is 7.57. The number of hydrogen-bond acceptors (Lipinski definition) is 2. The standard InChI is InChI=1S/C10H11F3N2O/c11-10(12,13)8-1-2-9(14-7-8)15-3-5-16-6-4-15/h1-2,7H,3-6H2/p+1. The van der Waals surface area contributed by atoms with Crippen LogP contribution in [0.4, 0.5) is 19.0 Å². The number of morpholine rings is 1. The van der Waals surface area contributed by atoms with Crippen molar-refractivity contribution in [2.75, 3.05) is 31.2 Å². The number of pyridine rings is 1. The van der Waals surface area contributed by atoms with E-state index in [2.05, 4.69) is 4.98 Å². The van der Waals surface area contributed by atoms with Gasteiger partial charge < -0.3 is 4.74 Å². The summed E-state index contributed by atoms with van der Waals surface area (Å²) in [6, 6.07) is 2.54. The zero-order valence-corrected chi connectivity index (χ0v) is 8.55. The zero-order valence-electron chi connectivity index (χ0n) is 8.55. The van der Waals surface area contributed by atoms with Crippen LogP contribution in [0.15, 0.2) is 18.3 Å². The fourth-order valence-electron chi connectivity index (χ4n) is 1.59. The minimum atomic E-state index is -4.29. The molecular weight excluding hydrogens is 221 g/mol. The lowest BCUT2D eigenvalue weighted by Gasteiger charge is -2.21. The van der Waals surface area contributed by atoms with Crippen molar-refractivity contribution in [1.29, 1.82) is 0 Å². The number of nitrogens with one attached hydrogen (secondary N) is 1. The summed E-state index contributed by atoms with van der Waals surface area (Å²) in [6.07, 6.45) is -3.30. The second-order valence-electron chi connectivity index (χ2n) is 3.56. The smallest absolute Gasteiger partial charge is 0.373 e. The van der Waals surface area contributed by atoms with Gasteiger partial charge in [0.2, 0.25) is 0 Å². The van der Waals surface area contributed by atoms with Crippen LogP contribution in [0, 0.1) is 0 Å². The first kappa shape index (κ1) is 11.2. The van der Waals surface area contributed by atoms with E-state index >= 15 is 0 Å². The Morgan fingerprint density at radius 2 is 1.88 bits per heavy atom. The Balaban J connectivity index is 2.12. The van der Waals surface area contributed by atoms with Crippen LogP contribution in [0.1, 0.15) is 5.56 Å². The van der Waals surface area contributed by atoms with Gasteiger partial charge in [-0.15, -0.1) is 0 Å². The van der Waals surface area contributed by atoms with Crippen LogP contribution in [-0.4, -0.2) is 26.3 Å². The molecular formula is C10H12F3N2O+. The predicted molar refractivity (Wildman–Crippen MR) is 51.0 cm³/mol. The first-order valence-corrected chi connectivity index (χ1v) is 4.99. The highest BCUT2D eigenvalue weighted by molar-refractivity contribution is 5.34. The summed E-state index contributed by atoms with van der Waals surface area (Å²) in [5, 5.41) is 0. The minimum Gasteiger partial charge on any atom is -0.373 e. The average Bonchev–Trinajstić information content (AvgIpc) is 2.29. The molecule has 0 saturated carbocycles. The van der Waals surface area contributed by atoms with E-state index in [1.165, 1.54) is 6.07 Å². The molecule has 3 nitrogen and oxygen atoms in total. The summed E-state index contributed by atoms with van der Waals surface area (Å²) < 4.78 is 42.1. The Bertz CT molecular complexity index is 344. The molecule has 16 heavy (non-hydrogen) atoms. The first-order valence-electron chi connectivity index (χ1n) is 4.99. The van der Waals surface area contributed by atoms with Gasteiger partial charge in [0.25, 0.3) is 5.82 Å². The van der Waals surface area contributed by atoms with E-state index in [1.807, 2.05) is 4.90 Å². The number of anilines is 1. The molecule has 1 aliphatic heterocycles. The molecule has 1 aliphatic rings. The van der Waals surface area contributed by atoms with Gasteiger partial charge in [-0.1, -0.05) is 0 Å². The van der Waals surface area contributed by atoms with Gasteiger partial charge in [-0.3, -0.25) is 4.90 Å². The lowest BCUT2D eigenvalue weighted by atomic mass is 10.2. The summed E-state index contributed by atoms with van der Waals surface area (Å²) >= 11 is 0. The van der Waals surface area contributed by atoms with Crippen molar-refractivity contribution in [1.82, 2.24) is 0 Å². The van der Waals surface area contributed by atoms with E-state index in [0.717, 1.165) is 12.3 Å². The molecule has 0 spiro atoms. The lowest BCUT2D eigenvalue weighted by molar-refractivity contribution is -0.368. The van der Waals surface area contributed by atoms with E-state index < -0.39 is 11.7 Å². The molecule has 0 bridgehead atoms. The Morgan fingerprint density at radius 1 is 1.19 bits per heavy atom. The summed E-state index contributed by atoms with van der Waals surface area (Å²) in [7, 11) is 0. The van der Waals surface area contributed by atoms with Crippen molar-refractivity contribution in [3.05, 3.63) is 23.9 Å². The molecule has 1 aromatic heterocycles. The van der Waals surface area contributed by atoms with Gasteiger partial charge in [0.05, 0.1) is 18.8 Å². The SMILES string of the molecule is FC(F)(F)c1ccc(N2CCOCC2)[nH+]c1. The summed E-state index contributed by atoms with van der Waals surface area (Å²) in [4.78, 5) is 4.63. The second-order valence-corrected chi connectivity index (χ2v) is 3.56. The monoisotopic (exact) mass is 233 g/mol. The van der Waals surface area contributed by atoms with Crippen LogP contribution < -0.4 is 9.88 Å². The van der Waals surface area contributed by atoms with Crippen LogP contribution in [0.3, 0.4) is 0 Å². The number of aromatic amines is 1. The van der Waals surface area contributed by atoms with Gasteiger partial charge in [0.15, 0.2) is 0 Å². The van der Waals surface area contributed by atoms with Gasteiger partial charge >= 0.3 is 6.18 Å². The maximum atomic E-state index is 12.3. The third-order valence-corrected chi connectivity index (χ3v) is 2.48. The second kappa shape index (κ2) is 4.29. The van der Waals surface area contributed by atoms with Gasteiger partial charge in [-0.2, -0.15) is 13.2 Å². The van der Waals surface area contributed by atoms with Crippen LogP contribution >= 0.6 is 0 Å². The molecule has 0 aromatic carbocycles. The topological polar surface area (TPSA) is 26.6 Å². The maximum absolute atomic E-state index is 12.3. The van der Waals surface area contributed by atoms with Gasteiger partial charge in [-0.05, 0) is 6.07 Å². The number of rotatable bonds is 1. The number of alkyl halides is 3. The molecule has 1 N–H and O–H groups in total. The lowest BCUT2D eigenvalue weighted by Crippen LogP contribution is -2.39.